The summed E-state index contributed by atoms with van der Waals surface area (Å²) < 4.78 is 9.83. The maximum absolute atomic E-state index is 11.2. The van der Waals surface area contributed by atoms with Gasteiger partial charge in [0.15, 0.2) is 0 Å². The Labute approximate surface area is 72.0 Å². The van der Waals surface area contributed by atoms with E-state index in [4.69, 9.17) is 10.5 Å². The van der Waals surface area contributed by atoms with Crippen LogP contribution in [0.1, 0.15) is 19.3 Å². The molecule has 0 saturated carbocycles. The monoisotopic (exact) mass is 173 g/mol. The van der Waals surface area contributed by atoms with Crippen molar-refractivity contribution in [3.8, 4) is 0 Å². The number of nitrogens with two attached hydrogens (primary N) is 1. The molecule has 0 aliphatic carbocycles. The fraction of sp³-hybridized carbons (Fsp3) is 0.875. The number of carbonyl (C=O) groups is 1. The summed E-state index contributed by atoms with van der Waals surface area (Å²) >= 11 is 0. The van der Waals surface area contributed by atoms with Gasteiger partial charge in [0.05, 0.1) is 7.11 Å². The highest BCUT2D eigenvalue weighted by Gasteiger charge is 2.35. The summed E-state index contributed by atoms with van der Waals surface area (Å²) in [6.45, 7) is 1.24. The number of carbonyl (C=O) groups excluding carboxylic acids is 1. The number of methoxy groups -OCH3 is 1. The van der Waals surface area contributed by atoms with Crippen LogP contribution in [0.5, 0.6) is 0 Å². The van der Waals surface area contributed by atoms with Crippen LogP contribution in [0.3, 0.4) is 0 Å². The topological polar surface area (TPSA) is 61.5 Å². The quantitative estimate of drug-likeness (QED) is 0.569. The molecule has 0 aromatic heterocycles. The van der Waals surface area contributed by atoms with Crippen LogP contribution in [0.15, 0.2) is 0 Å². The molecule has 0 spiro atoms. The molecule has 2 N–H and O–H groups in total. The Hall–Kier alpha value is -0.610. The van der Waals surface area contributed by atoms with Crippen molar-refractivity contribution in [2.75, 3.05) is 20.3 Å². The minimum absolute atomic E-state index is 0.326. The standard InChI is InChI=1S/C8H15NO3/c1-11-7(10)8(9)3-2-5-12-6-4-8/h2-6,9H2,1H3/t8-/m0/s1. The van der Waals surface area contributed by atoms with E-state index in [1.54, 1.807) is 0 Å². The summed E-state index contributed by atoms with van der Waals surface area (Å²) in [7, 11) is 1.36. The second-order valence-electron chi connectivity index (χ2n) is 3.11. The van der Waals surface area contributed by atoms with Crippen LogP contribution in [0.25, 0.3) is 0 Å². The first-order chi connectivity index (χ1) is 5.69. The summed E-state index contributed by atoms with van der Waals surface area (Å²) in [6, 6.07) is 0. The molecule has 1 rings (SSSR count). The maximum Gasteiger partial charge on any atom is 0.325 e. The second-order valence-corrected chi connectivity index (χ2v) is 3.11. The fourth-order valence-electron chi connectivity index (χ4n) is 1.38. The van der Waals surface area contributed by atoms with Crippen LogP contribution in [-0.2, 0) is 14.3 Å². The van der Waals surface area contributed by atoms with Gasteiger partial charge in [-0.3, -0.25) is 4.79 Å². The summed E-state index contributed by atoms with van der Waals surface area (Å²) in [5, 5.41) is 0. The van der Waals surface area contributed by atoms with Crippen molar-refractivity contribution < 1.29 is 14.3 Å². The van der Waals surface area contributed by atoms with Gasteiger partial charge in [0.1, 0.15) is 5.54 Å². The molecule has 70 valence electrons. The van der Waals surface area contributed by atoms with Gasteiger partial charge in [-0.05, 0) is 19.3 Å². The van der Waals surface area contributed by atoms with E-state index in [-0.39, 0.29) is 5.97 Å². The summed E-state index contributed by atoms with van der Waals surface area (Å²) in [5.41, 5.74) is 5.04. The Balaban J connectivity index is 2.59. The van der Waals surface area contributed by atoms with Gasteiger partial charge in [0, 0.05) is 13.2 Å². The van der Waals surface area contributed by atoms with Crippen molar-refractivity contribution in [3.05, 3.63) is 0 Å². The molecule has 1 atom stereocenters. The van der Waals surface area contributed by atoms with E-state index >= 15 is 0 Å². The molecular weight excluding hydrogens is 158 g/mol. The highest BCUT2D eigenvalue weighted by molar-refractivity contribution is 5.80. The number of hydrogen-bond acceptors (Lipinski definition) is 4. The lowest BCUT2D eigenvalue weighted by atomic mass is 9.92. The third-order valence-electron chi connectivity index (χ3n) is 2.20. The molecule has 12 heavy (non-hydrogen) atoms. The molecule has 4 nitrogen and oxygen atoms in total. The first-order valence-electron chi connectivity index (χ1n) is 4.14. The molecule has 0 unspecified atom stereocenters. The highest BCUT2D eigenvalue weighted by atomic mass is 16.5. The Bertz CT molecular complexity index is 162. The molecule has 1 saturated heterocycles. The van der Waals surface area contributed by atoms with E-state index in [0.29, 0.717) is 26.1 Å². The fourth-order valence-corrected chi connectivity index (χ4v) is 1.38. The molecular formula is C8H15NO3. The lowest BCUT2D eigenvalue weighted by Crippen LogP contribution is -2.48. The lowest BCUT2D eigenvalue weighted by molar-refractivity contribution is -0.147. The van der Waals surface area contributed by atoms with Gasteiger partial charge in [0.25, 0.3) is 0 Å². The zero-order valence-electron chi connectivity index (χ0n) is 7.34. The zero-order chi connectivity index (χ0) is 9.03. The van der Waals surface area contributed by atoms with Crippen LogP contribution in [0.4, 0.5) is 0 Å². The van der Waals surface area contributed by atoms with Crippen molar-refractivity contribution in [1.29, 1.82) is 0 Å². The molecule has 1 fully saturated rings. The minimum Gasteiger partial charge on any atom is -0.468 e. The van der Waals surface area contributed by atoms with E-state index in [2.05, 4.69) is 4.74 Å². The van der Waals surface area contributed by atoms with Crippen molar-refractivity contribution in [1.82, 2.24) is 0 Å². The molecule has 0 aromatic rings. The zero-order valence-corrected chi connectivity index (χ0v) is 7.34. The van der Waals surface area contributed by atoms with Gasteiger partial charge in [0.2, 0.25) is 0 Å². The molecule has 0 radical (unpaired) electrons. The van der Waals surface area contributed by atoms with Gasteiger partial charge in [-0.2, -0.15) is 0 Å². The van der Waals surface area contributed by atoms with Crippen LogP contribution in [0, 0.1) is 0 Å². The van der Waals surface area contributed by atoms with Gasteiger partial charge >= 0.3 is 5.97 Å². The number of hydrogen-bond donors (Lipinski definition) is 1. The van der Waals surface area contributed by atoms with E-state index in [9.17, 15) is 4.79 Å². The average Bonchev–Trinajstić information content (AvgIpc) is 2.29. The van der Waals surface area contributed by atoms with Crippen LogP contribution < -0.4 is 5.73 Å². The lowest BCUT2D eigenvalue weighted by Gasteiger charge is -2.23. The average molecular weight is 173 g/mol. The molecule has 0 amide bonds. The predicted octanol–water partition coefficient (Wildman–Crippen LogP) is 0.0574. The number of esters is 1. The molecule has 1 aliphatic heterocycles. The molecule has 0 aromatic carbocycles. The van der Waals surface area contributed by atoms with Crippen LogP contribution in [-0.4, -0.2) is 31.8 Å². The first-order valence-corrected chi connectivity index (χ1v) is 4.14. The SMILES string of the molecule is COC(=O)[C@]1(N)CCCOCC1. The molecule has 4 heteroatoms. The smallest absolute Gasteiger partial charge is 0.325 e. The summed E-state index contributed by atoms with van der Waals surface area (Å²) in [4.78, 5) is 11.2. The molecule has 1 aliphatic rings. The van der Waals surface area contributed by atoms with E-state index in [0.717, 1.165) is 6.42 Å². The Morgan fingerprint density at radius 2 is 2.25 bits per heavy atom. The number of rotatable bonds is 1. The van der Waals surface area contributed by atoms with Crippen molar-refractivity contribution in [2.24, 2.45) is 5.73 Å². The normalized spacial score (nSPS) is 30.8. The summed E-state index contributed by atoms with van der Waals surface area (Å²) in [6.07, 6.45) is 2.03. The third kappa shape index (κ3) is 1.95. The molecule has 0 bridgehead atoms. The van der Waals surface area contributed by atoms with E-state index < -0.39 is 5.54 Å². The first kappa shape index (κ1) is 9.48. The second kappa shape index (κ2) is 3.87. The summed E-state index contributed by atoms with van der Waals surface area (Å²) in [5.74, 6) is -0.326. The van der Waals surface area contributed by atoms with E-state index in [1.165, 1.54) is 7.11 Å². The largest absolute Gasteiger partial charge is 0.468 e. The predicted molar refractivity (Wildman–Crippen MR) is 43.6 cm³/mol. The maximum atomic E-state index is 11.2. The Kier molecular flexibility index (Phi) is 3.05. The van der Waals surface area contributed by atoms with Gasteiger partial charge < -0.3 is 15.2 Å². The van der Waals surface area contributed by atoms with Gasteiger partial charge in [-0.15, -0.1) is 0 Å². The van der Waals surface area contributed by atoms with Crippen LogP contribution in [0.2, 0.25) is 0 Å². The van der Waals surface area contributed by atoms with Gasteiger partial charge in [-0.25, -0.2) is 0 Å². The van der Waals surface area contributed by atoms with E-state index in [1.807, 2.05) is 0 Å². The van der Waals surface area contributed by atoms with Crippen molar-refractivity contribution in [2.45, 2.75) is 24.8 Å². The van der Waals surface area contributed by atoms with Crippen molar-refractivity contribution >= 4 is 5.97 Å². The third-order valence-corrected chi connectivity index (χ3v) is 2.20. The Morgan fingerprint density at radius 1 is 1.50 bits per heavy atom. The van der Waals surface area contributed by atoms with Crippen molar-refractivity contribution in [3.63, 3.8) is 0 Å². The highest BCUT2D eigenvalue weighted by Crippen LogP contribution is 2.19. The molecule has 1 heterocycles. The minimum atomic E-state index is -0.814. The Morgan fingerprint density at radius 3 is 2.92 bits per heavy atom. The van der Waals surface area contributed by atoms with Crippen LogP contribution >= 0.6 is 0 Å². The van der Waals surface area contributed by atoms with Gasteiger partial charge in [-0.1, -0.05) is 0 Å². The number of ether oxygens (including phenoxy) is 2.